The fourth-order valence-electron chi connectivity index (χ4n) is 1.67. The molecule has 16 heavy (non-hydrogen) atoms. The number of nitrogens with one attached hydrogen (secondary N) is 1. The molecular weight excluding hydrogens is 218 g/mol. The van der Waals surface area contributed by atoms with Crippen LogP contribution < -0.4 is 5.32 Å². The summed E-state index contributed by atoms with van der Waals surface area (Å²) in [7, 11) is 1.79. The van der Waals surface area contributed by atoms with Crippen LogP contribution in [0.2, 0.25) is 0 Å². The van der Waals surface area contributed by atoms with E-state index in [-0.39, 0.29) is 5.60 Å². The Morgan fingerprint density at radius 3 is 2.75 bits per heavy atom. The highest BCUT2D eigenvalue weighted by atomic mass is 32.1. The van der Waals surface area contributed by atoms with E-state index in [1.165, 1.54) is 4.88 Å². The quantitative estimate of drug-likeness (QED) is 0.787. The highest BCUT2D eigenvalue weighted by molar-refractivity contribution is 7.10. The fraction of sp³-hybridized carbons (Fsp3) is 0.692. The number of hydrogen-bond acceptors (Lipinski definition) is 3. The molecule has 0 saturated carbocycles. The Bertz CT molecular complexity index is 282. The van der Waals surface area contributed by atoms with E-state index in [1.54, 1.807) is 7.11 Å². The molecule has 0 saturated heterocycles. The molecule has 0 radical (unpaired) electrons. The number of methoxy groups -OCH3 is 1. The van der Waals surface area contributed by atoms with E-state index in [1.807, 2.05) is 11.3 Å². The van der Waals surface area contributed by atoms with Crippen LogP contribution >= 0.6 is 11.3 Å². The topological polar surface area (TPSA) is 21.3 Å². The Labute approximate surface area is 103 Å². The second-order valence-electron chi connectivity index (χ2n) is 4.63. The molecule has 0 aliphatic heterocycles. The summed E-state index contributed by atoms with van der Waals surface area (Å²) in [5.41, 5.74) is -0.0229. The maximum absolute atomic E-state index is 5.46. The number of rotatable bonds is 7. The number of ether oxygens (including phenoxy) is 1. The predicted molar refractivity (Wildman–Crippen MR) is 71.1 cm³/mol. The van der Waals surface area contributed by atoms with Crippen molar-refractivity contribution in [3.63, 3.8) is 0 Å². The van der Waals surface area contributed by atoms with E-state index < -0.39 is 0 Å². The lowest BCUT2D eigenvalue weighted by Gasteiger charge is -2.26. The molecule has 1 heterocycles. The van der Waals surface area contributed by atoms with Crippen molar-refractivity contribution in [1.29, 1.82) is 0 Å². The highest BCUT2D eigenvalue weighted by Gasteiger charge is 2.20. The molecule has 0 amide bonds. The third-order valence-electron chi connectivity index (χ3n) is 2.92. The normalized spacial score (nSPS) is 14.0. The Balaban J connectivity index is 2.53. The molecule has 92 valence electrons. The van der Waals surface area contributed by atoms with Gasteiger partial charge < -0.3 is 10.1 Å². The molecule has 0 bridgehead atoms. The molecule has 1 aromatic rings. The van der Waals surface area contributed by atoms with Gasteiger partial charge in [-0.15, -0.1) is 11.3 Å². The second kappa shape index (κ2) is 6.38. The van der Waals surface area contributed by atoms with Gasteiger partial charge in [-0.2, -0.15) is 0 Å². The van der Waals surface area contributed by atoms with Gasteiger partial charge in [0.1, 0.15) is 0 Å². The van der Waals surface area contributed by atoms with Crippen molar-refractivity contribution in [2.45, 2.75) is 45.3 Å². The molecular formula is C13H23NOS. The zero-order chi connectivity index (χ0) is 12.0. The Morgan fingerprint density at radius 2 is 2.25 bits per heavy atom. The van der Waals surface area contributed by atoms with Crippen LogP contribution in [-0.2, 0) is 4.74 Å². The summed E-state index contributed by atoms with van der Waals surface area (Å²) in [4.78, 5) is 1.42. The van der Waals surface area contributed by atoms with Crippen molar-refractivity contribution in [1.82, 2.24) is 5.32 Å². The summed E-state index contributed by atoms with van der Waals surface area (Å²) < 4.78 is 5.46. The Kier molecular flexibility index (Phi) is 5.46. The Hall–Kier alpha value is -0.380. The van der Waals surface area contributed by atoms with Crippen LogP contribution in [0.4, 0.5) is 0 Å². The van der Waals surface area contributed by atoms with Crippen LogP contribution in [0.1, 0.15) is 44.5 Å². The van der Waals surface area contributed by atoms with Crippen molar-refractivity contribution >= 4 is 11.3 Å². The second-order valence-corrected chi connectivity index (χ2v) is 5.61. The van der Waals surface area contributed by atoms with Crippen LogP contribution in [-0.4, -0.2) is 19.3 Å². The molecule has 1 atom stereocenters. The summed E-state index contributed by atoms with van der Waals surface area (Å²) in [6, 6.07) is 4.79. The van der Waals surface area contributed by atoms with Gasteiger partial charge in [0.2, 0.25) is 0 Å². The van der Waals surface area contributed by atoms with E-state index in [0.717, 1.165) is 19.4 Å². The van der Waals surface area contributed by atoms with Gasteiger partial charge in [-0.1, -0.05) is 13.0 Å². The van der Waals surface area contributed by atoms with Crippen LogP contribution in [0.25, 0.3) is 0 Å². The van der Waals surface area contributed by atoms with Crippen molar-refractivity contribution in [2.75, 3.05) is 13.7 Å². The van der Waals surface area contributed by atoms with Gasteiger partial charge in [0.25, 0.3) is 0 Å². The lowest BCUT2D eigenvalue weighted by atomic mass is 9.98. The number of hydrogen-bond donors (Lipinski definition) is 1. The summed E-state index contributed by atoms with van der Waals surface area (Å²) in [6.45, 7) is 7.45. The molecule has 0 spiro atoms. The predicted octanol–water partition coefficient (Wildman–Crippen LogP) is 3.60. The first-order chi connectivity index (χ1) is 7.59. The fourth-order valence-corrected chi connectivity index (χ4v) is 2.51. The van der Waals surface area contributed by atoms with Crippen molar-refractivity contribution < 1.29 is 4.74 Å². The van der Waals surface area contributed by atoms with Crippen molar-refractivity contribution in [3.8, 4) is 0 Å². The summed E-state index contributed by atoms with van der Waals surface area (Å²) in [6.07, 6.45) is 2.19. The third-order valence-corrected chi connectivity index (χ3v) is 3.91. The van der Waals surface area contributed by atoms with Gasteiger partial charge in [0.05, 0.1) is 5.60 Å². The van der Waals surface area contributed by atoms with Crippen molar-refractivity contribution in [3.05, 3.63) is 22.4 Å². The molecule has 1 aromatic heterocycles. The summed E-state index contributed by atoms with van der Waals surface area (Å²) >= 11 is 1.83. The molecule has 1 unspecified atom stereocenters. The molecule has 1 N–H and O–H groups in total. The lowest BCUT2D eigenvalue weighted by Crippen LogP contribution is -2.27. The minimum Gasteiger partial charge on any atom is -0.379 e. The van der Waals surface area contributed by atoms with E-state index in [2.05, 4.69) is 43.6 Å². The molecule has 1 rings (SSSR count). The van der Waals surface area contributed by atoms with Gasteiger partial charge in [0, 0.05) is 18.0 Å². The molecule has 0 fully saturated rings. The standard InChI is InChI=1S/C13H23NOS/c1-5-14-11(12-7-6-10-16-12)8-9-13(2,3)15-4/h6-7,10-11,14H,5,8-9H2,1-4H3. The molecule has 0 aromatic carbocycles. The maximum atomic E-state index is 5.46. The van der Waals surface area contributed by atoms with Crippen LogP contribution in [0.15, 0.2) is 17.5 Å². The first kappa shape index (κ1) is 13.7. The maximum Gasteiger partial charge on any atom is 0.0623 e. The monoisotopic (exact) mass is 241 g/mol. The number of thiophene rings is 1. The lowest BCUT2D eigenvalue weighted by molar-refractivity contribution is 0.0118. The van der Waals surface area contributed by atoms with E-state index >= 15 is 0 Å². The van der Waals surface area contributed by atoms with Gasteiger partial charge in [-0.3, -0.25) is 0 Å². The summed E-state index contributed by atoms with van der Waals surface area (Å²) in [5.74, 6) is 0. The van der Waals surface area contributed by atoms with Crippen LogP contribution in [0, 0.1) is 0 Å². The smallest absolute Gasteiger partial charge is 0.0623 e. The average Bonchev–Trinajstić information content (AvgIpc) is 2.77. The first-order valence-corrected chi connectivity index (χ1v) is 6.79. The highest BCUT2D eigenvalue weighted by Crippen LogP contribution is 2.27. The first-order valence-electron chi connectivity index (χ1n) is 5.91. The largest absolute Gasteiger partial charge is 0.379 e. The SMILES string of the molecule is CCNC(CCC(C)(C)OC)c1cccs1. The van der Waals surface area contributed by atoms with E-state index in [9.17, 15) is 0 Å². The van der Waals surface area contributed by atoms with E-state index in [4.69, 9.17) is 4.74 Å². The van der Waals surface area contributed by atoms with Gasteiger partial charge in [-0.05, 0) is 44.7 Å². The van der Waals surface area contributed by atoms with Crippen LogP contribution in [0.3, 0.4) is 0 Å². The van der Waals surface area contributed by atoms with Crippen LogP contribution in [0.5, 0.6) is 0 Å². The zero-order valence-electron chi connectivity index (χ0n) is 10.7. The van der Waals surface area contributed by atoms with Crippen molar-refractivity contribution in [2.24, 2.45) is 0 Å². The molecule has 0 aliphatic rings. The zero-order valence-corrected chi connectivity index (χ0v) is 11.6. The van der Waals surface area contributed by atoms with Gasteiger partial charge >= 0.3 is 0 Å². The van der Waals surface area contributed by atoms with Gasteiger partial charge in [-0.25, -0.2) is 0 Å². The summed E-state index contributed by atoms with van der Waals surface area (Å²) in [5, 5.41) is 5.68. The molecule has 2 nitrogen and oxygen atoms in total. The third kappa shape index (κ3) is 4.24. The minimum absolute atomic E-state index is 0.0229. The van der Waals surface area contributed by atoms with E-state index in [0.29, 0.717) is 6.04 Å². The van der Waals surface area contributed by atoms with Gasteiger partial charge in [0.15, 0.2) is 0 Å². The molecule has 0 aliphatic carbocycles. The minimum atomic E-state index is -0.0229. The molecule has 3 heteroatoms. The average molecular weight is 241 g/mol. The Morgan fingerprint density at radius 1 is 1.50 bits per heavy atom.